The highest BCUT2D eigenvalue weighted by molar-refractivity contribution is 5.79. The summed E-state index contributed by atoms with van der Waals surface area (Å²) in [5, 5.41) is 9.75. The van der Waals surface area contributed by atoms with E-state index in [9.17, 15) is 4.79 Å². The van der Waals surface area contributed by atoms with Crippen LogP contribution in [0.2, 0.25) is 0 Å². The van der Waals surface area contributed by atoms with Crippen LogP contribution in [0.4, 0.5) is 0 Å². The van der Waals surface area contributed by atoms with Crippen molar-refractivity contribution in [1.29, 1.82) is 0 Å². The van der Waals surface area contributed by atoms with Crippen molar-refractivity contribution >= 4 is 5.91 Å². The largest absolute Gasteiger partial charge is 0.497 e. The first kappa shape index (κ1) is 14.4. The van der Waals surface area contributed by atoms with E-state index in [0.717, 1.165) is 28.3 Å². The number of H-pyrrole nitrogens is 1. The number of fused-ring (bicyclic) bond motifs is 1. The van der Waals surface area contributed by atoms with Crippen molar-refractivity contribution in [2.24, 2.45) is 5.92 Å². The van der Waals surface area contributed by atoms with E-state index in [1.54, 1.807) is 13.3 Å². The summed E-state index contributed by atoms with van der Waals surface area (Å²) in [6.07, 6.45) is 2.38. The van der Waals surface area contributed by atoms with Crippen molar-refractivity contribution in [3.05, 3.63) is 41.2 Å². The Balaban J connectivity index is 1.63. The maximum Gasteiger partial charge on any atom is 0.227 e. The summed E-state index contributed by atoms with van der Waals surface area (Å²) < 4.78 is 10.9. The number of aryl methyl sites for hydroxylation is 1. The van der Waals surface area contributed by atoms with E-state index < -0.39 is 0 Å². The van der Waals surface area contributed by atoms with Crippen LogP contribution in [0, 0.1) is 12.8 Å². The van der Waals surface area contributed by atoms with Crippen molar-refractivity contribution in [3.8, 4) is 11.5 Å². The third kappa shape index (κ3) is 2.90. The van der Waals surface area contributed by atoms with Crippen LogP contribution in [0.1, 0.15) is 16.8 Å². The fourth-order valence-electron chi connectivity index (χ4n) is 2.55. The third-order valence-corrected chi connectivity index (χ3v) is 3.93. The van der Waals surface area contributed by atoms with Gasteiger partial charge in [0.1, 0.15) is 18.1 Å². The average molecular weight is 301 g/mol. The Bertz CT molecular complexity index is 681. The summed E-state index contributed by atoms with van der Waals surface area (Å²) in [7, 11) is 1.63. The number of aromatic nitrogens is 2. The molecule has 0 bridgehead atoms. The molecule has 0 spiro atoms. The van der Waals surface area contributed by atoms with Gasteiger partial charge in [0.25, 0.3) is 0 Å². The number of carbonyl (C=O) groups excluding carboxylic acids is 1. The summed E-state index contributed by atoms with van der Waals surface area (Å²) in [4.78, 5) is 12.3. The van der Waals surface area contributed by atoms with Crippen LogP contribution in [-0.4, -0.2) is 29.8 Å². The van der Waals surface area contributed by atoms with E-state index in [0.29, 0.717) is 19.6 Å². The molecule has 1 amide bonds. The molecule has 1 unspecified atom stereocenters. The molecule has 3 rings (SSSR count). The average Bonchev–Trinajstić information content (AvgIpc) is 2.96. The Labute approximate surface area is 128 Å². The SMILES string of the molecule is COc1ccc2c(c1)CC(C(=O)NCc1cn[nH]c1C)CO2. The number of hydrogen-bond donors (Lipinski definition) is 2. The standard InChI is InChI=1S/C16H19N3O3/c1-10-13(8-18-19-10)7-17-16(20)12-5-11-6-14(21-2)3-4-15(11)22-9-12/h3-4,6,8,12H,5,7,9H2,1-2H3,(H,17,20)(H,18,19). The summed E-state index contributed by atoms with van der Waals surface area (Å²) >= 11 is 0. The monoisotopic (exact) mass is 301 g/mol. The van der Waals surface area contributed by atoms with Crippen LogP contribution in [0.3, 0.4) is 0 Å². The Morgan fingerprint density at radius 3 is 3.14 bits per heavy atom. The molecule has 0 saturated heterocycles. The molecule has 1 aromatic heterocycles. The van der Waals surface area contributed by atoms with E-state index in [1.807, 2.05) is 25.1 Å². The first-order valence-electron chi connectivity index (χ1n) is 7.23. The summed E-state index contributed by atoms with van der Waals surface area (Å²) in [5.41, 5.74) is 2.97. The summed E-state index contributed by atoms with van der Waals surface area (Å²) in [6.45, 7) is 2.80. The van der Waals surface area contributed by atoms with Crippen molar-refractivity contribution in [2.75, 3.05) is 13.7 Å². The highest BCUT2D eigenvalue weighted by Crippen LogP contribution is 2.30. The lowest BCUT2D eigenvalue weighted by Gasteiger charge is -2.25. The molecule has 6 nitrogen and oxygen atoms in total. The van der Waals surface area contributed by atoms with Gasteiger partial charge < -0.3 is 14.8 Å². The number of carbonyl (C=O) groups is 1. The van der Waals surface area contributed by atoms with Crippen LogP contribution in [0.15, 0.2) is 24.4 Å². The van der Waals surface area contributed by atoms with Crippen LogP contribution < -0.4 is 14.8 Å². The summed E-state index contributed by atoms with van der Waals surface area (Å²) in [6, 6.07) is 5.67. The molecular formula is C16H19N3O3. The molecular weight excluding hydrogens is 282 g/mol. The number of rotatable bonds is 4. The Morgan fingerprint density at radius 2 is 2.41 bits per heavy atom. The van der Waals surface area contributed by atoms with Gasteiger partial charge in [-0.05, 0) is 37.1 Å². The predicted molar refractivity (Wildman–Crippen MR) is 80.9 cm³/mol. The van der Waals surface area contributed by atoms with Crippen LogP contribution in [0.5, 0.6) is 11.5 Å². The highest BCUT2D eigenvalue weighted by Gasteiger charge is 2.26. The lowest BCUT2D eigenvalue weighted by Crippen LogP contribution is -2.37. The highest BCUT2D eigenvalue weighted by atomic mass is 16.5. The smallest absolute Gasteiger partial charge is 0.227 e. The molecule has 1 aliphatic rings. The fourth-order valence-corrected chi connectivity index (χ4v) is 2.55. The Hall–Kier alpha value is -2.50. The maximum atomic E-state index is 12.3. The van der Waals surface area contributed by atoms with Gasteiger partial charge in [0, 0.05) is 17.8 Å². The number of ether oxygens (including phenoxy) is 2. The summed E-state index contributed by atoms with van der Waals surface area (Å²) in [5.74, 6) is 1.41. The molecule has 0 saturated carbocycles. The second-order valence-electron chi connectivity index (χ2n) is 5.42. The lowest BCUT2D eigenvalue weighted by atomic mass is 9.95. The minimum atomic E-state index is -0.188. The molecule has 22 heavy (non-hydrogen) atoms. The molecule has 0 aliphatic carbocycles. The fraction of sp³-hybridized carbons (Fsp3) is 0.375. The molecule has 1 atom stereocenters. The van der Waals surface area contributed by atoms with Gasteiger partial charge in [-0.25, -0.2) is 0 Å². The topological polar surface area (TPSA) is 76.2 Å². The van der Waals surface area contributed by atoms with Gasteiger partial charge in [-0.1, -0.05) is 0 Å². The first-order valence-corrected chi connectivity index (χ1v) is 7.23. The number of methoxy groups -OCH3 is 1. The first-order chi connectivity index (χ1) is 10.7. The maximum absolute atomic E-state index is 12.3. The quantitative estimate of drug-likeness (QED) is 0.899. The third-order valence-electron chi connectivity index (χ3n) is 3.93. The van der Waals surface area contributed by atoms with Crippen LogP contribution in [0.25, 0.3) is 0 Å². The molecule has 2 N–H and O–H groups in total. The zero-order valence-electron chi connectivity index (χ0n) is 12.7. The van der Waals surface area contributed by atoms with Gasteiger partial charge in [-0.3, -0.25) is 9.89 Å². The van der Waals surface area contributed by atoms with Gasteiger partial charge in [-0.2, -0.15) is 5.10 Å². The van der Waals surface area contributed by atoms with Gasteiger partial charge >= 0.3 is 0 Å². The predicted octanol–water partition coefficient (Wildman–Crippen LogP) is 1.59. The second kappa shape index (κ2) is 6.09. The molecule has 1 aromatic carbocycles. The van der Waals surface area contributed by atoms with E-state index in [4.69, 9.17) is 9.47 Å². The van der Waals surface area contributed by atoms with E-state index in [1.165, 1.54) is 0 Å². The molecule has 1 aliphatic heterocycles. The minimum Gasteiger partial charge on any atom is -0.497 e. The Morgan fingerprint density at radius 1 is 1.55 bits per heavy atom. The number of amides is 1. The Kier molecular flexibility index (Phi) is 4.00. The van der Waals surface area contributed by atoms with Gasteiger partial charge in [-0.15, -0.1) is 0 Å². The number of nitrogens with zero attached hydrogens (tertiary/aromatic N) is 1. The zero-order chi connectivity index (χ0) is 15.5. The molecule has 0 fully saturated rings. The number of nitrogens with one attached hydrogen (secondary N) is 2. The normalized spacial score (nSPS) is 16.5. The van der Waals surface area contributed by atoms with Gasteiger partial charge in [0.2, 0.25) is 5.91 Å². The molecule has 0 radical (unpaired) electrons. The van der Waals surface area contributed by atoms with Crippen LogP contribution in [-0.2, 0) is 17.8 Å². The van der Waals surface area contributed by atoms with E-state index in [-0.39, 0.29) is 11.8 Å². The molecule has 2 heterocycles. The number of benzene rings is 1. The second-order valence-corrected chi connectivity index (χ2v) is 5.42. The number of hydrogen-bond acceptors (Lipinski definition) is 4. The molecule has 6 heteroatoms. The molecule has 116 valence electrons. The van der Waals surface area contributed by atoms with Crippen LogP contribution >= 0.6 is 0 Å². The number of aromatic amines is 1. The van der Waals surface area contributed by atoms with Crippen molar-refractivity contribution in [2.45, 2.75) is 19.9 Å². The van der Waals surface area contributed by atoms with Gasteiger partial charge in [0.05, 0.1) is 19.2 Å². The molecule has 2 aromatic rings. The van der Waals surface area contributed by atoms with Crippen molar-refractivity contribution in [1.82, 2.24) is 15.5 Å². The van der Waals surface area contributed by atoms with Crippen molar-refractivity contribution in [3.63, 3.8) is 0 Å². The van der Waals surface area contributed by atoms with E-state index >= 15 is 0 Å². The van der Waals surface area contributed by atoms with Crippen molar-refractivity contribution < 1.29 is 14.3 Å². The van der Waals surface area contributed by atoms with Gasteiger partial charge in [0.15, 0.2) is 0 Å². The zero-order valence-corrected chi connectivity index (χ0v) is 12.7. The lowest BCUT2D eigenvalue weighted by molar-refractivity contribution is -0.126. The minimum absolute atomic E-state index is 0.00549. The van der Waals surface area contributed by atoms with E-state index in [2.05, 4.69) is 15.5 Å².